The zero-order valence-corrected chi connectivity index (χ0v) is 9.42. The van der Waals surface area contributed by atoms with Crippen molar-refractivity contribution in [1.29, 1.82) is 0 Å². The molecule has 1 aliphatic heterocycles. The van der Waals surface area contributed by atoms with E-state index in [-0.39, 0.29) is 0 Å². The van der Waals surface area contributed by atoms with E-state index in [1.54, 1.807) is 0 Å². The molecule has 0 aliphatic carbocycles. The fourth-order valence-electron chi connectivity index (χ4n) is 1.89. The lowest BCUT2D eigenvalue weighted by Crippen LogP contribution is -2.43. The third kappa shape index (κ3) is 2.17. The van der Waals surface area contributed by atoms with Gasteiger partial charge in [0.25, 0.3) is 0 Å². The summed E-state index contributed by atoms with van der Waals surface area (Å²) in [6.07, 6.45) is 1.13. The van der Waals surface area contributed by atoms with E-state index in [1.165, 1.54) is 5.57 Å². The van der Waals surface area contributed by atoms with Crippen molar-refractivity contribution in [3.63, 3.8) is 0 Å². The van der Waals surface area contributed by atoms with E-state index in [4.69, 9.17) is 4.74 Å². The van der Waals surface area contributed by atoms with E-state index in [2.05, 4.69) is 39.5 Å². The van der Waals surface area contributed by atoms with Crippen molar-refractivity contribution >= 4 is 0 Å². The van der Waals surface area contributed by atoms with Crippen LogP contribution in [0.2, 0.25) is 0 Å². The van der Waals surface area contributed by atoms with Gasteiger partial charge in [0.1, 0.15) is 0 Å². The molecule has 0 aromatic rings. The summed E-state index contributed by atoms with van der Waals surface area (Å²) < 4.78 is 5.69. The number of ether oxygens (including phenoxy) is 1. The van der Waals surface area contributed by atoms with Crippen LogP contribution in [0.5, 0.6) is 0 Å². The standard InChI is InChI=1S/C11H21NO/c1-8(2)11-12(9(3)4)10(5)6-7-13-11/h9-10H,6-7H2,1-5H3/t10-/m0/s1. The summed E-state index contributed by atoms with van der Waals surface area (Å²) in [4.78, 5) is 2.37. The molecule has 1 heterocycles. The second-order valence-electron chi connectivity index (χ2n) is 4.29. The van der Waals surface area contributed by atoms with Crippen molar-refractivity contribution in [2.45, 2.75) is 53.1 Å². The number of hydrogen-bond donors (Lipinski definition) is 0. The summed E-state index contributed by atoms with van der Waals surface area (Å²) in [5.74, 6) is 1.09. The molecule has 0 saturated carbocycles. The first-order valence-corrected chi connectivity index (χ1v) is 5.12. The smallest absolute Gasteiger partial charge is 0.188 e. The molecule has 2 nitrogen and oxygen atoms in total. The molecular weight excluding hydrogens is 162 g/mol. The van der Waals surface area contributed by atoms with Gasteiger partial charge in [0.2, 0.25) is 0 Å². The number of hydrogen-bond acceptors (Lipinski definition) is 2. The average Bonchev–Trinajstić information content (AvgIpc) is 2.02. The number of rotatable bonds is 1. The molecule has 0 bridgehead atoms. The van der Waals surface area contributed by atoms with Crippen molar-refractivity contribution in [3.8, 4) is 0 Å². The van der Waals surface area contributed by atoms with Crippen LogP contribution in [0.15, 0.2) is 11.5 Å². The molecule has 0 amide bonds. The van der Waals surface area contributed by atoms with Gasteiger partial charge in [-0.2, -0.15) is 0 Å². The summed E-state index contributed by atoms with van der Waals surface area (Å²) in [7, 11) is 0. The molecule has 13 heavy (non-hydrogen) atoms. The van der Waals surface area contributed by atoms with Gasteiger partial charge in [0, 0.05) is 18.5 Å². The minimum absolute atomic E-state index is 0.528. The first-order valence-electron chi connectivity index (χ1n) is 5.12. The zero-order chi connectivity index (χ0) is 10.0. The van der Waals surface area contributed by atoms with Crippen LogP contribution in [0.1, 0.15) is 41.0 Å². The van der Waals surface area contributed by atoms with Crippen LogP contribution in [-0.2, 0) is 4.74 Å². The summed E-state index contributed by atoms with van der Waals surface area (Å²) in [6.45, 7) is 11.8. The molecule has 0 N–H and O–H groups in total. The lowest BCUT2D eigenvalue weighted by molar-refractivity contribution is 0.0105. The Morgan fingerprint density at radius 2 is 2.08 bits per heavy atom. The van der Waals surface area contributed by atoms with Crippen molar-refractivity contribution < 1.29 is 4.74 Å². The lowest BCUT2D eigenvalue weighted by Gasteiger charge is -2.40. The molecule has 1 atom stereocenters. The first kappa shape index (κ1) is 10.4. The van der Waals surface area contributed by atoms with Crippen molar-refractivity contribution in [1.82, 2.24) is 4.90 Å². The van der Waals surface area contributed by atoms with Crippen molar-refractivity contribution in [2.75, 3.05) is 6.61 Å². The maximum absolute atomic E-state index is 5.69. The van der Waals surface area contributed by atoms with Gasteiger partial charge in [-0.1, -0.05) is 0 Å². The molecule has 0 aromatic carbocycles. The van der Waals surface area contributed by atoms with Gasteiger partial charge in [0.05, 0.1) is 6.61 Å². The van der Waals surface area contributed by atoms with Gasteiger partial charge in [-0.25, -0.2) is 0 Å². The van der Waals surface area contributed by atoms with Crippen LogP contribution in [0.3, 0.4) is 0 Å². The molecule has 1 aliphatic rings. The zero-order valence-electron chi connectivity index (χ0n) is 9.42. The Balaban J connectivity index is 2.87. The Hall–Kier alpha value is -0.660. The van der Waals surface area contributed by atoms with Crippen LogP contribution < -0.4 is 0 Å². The molecule has 1 rings (SSSR count). The monoisotopic (exact) mass is 183 g/mol. The molecule has 0 unspecified atom stereocenters. The quantitative estimate of drug-likeness (QED) is 0.620. The van der Waals surface area contributed by atoms with Crippen LogP contribution in [0.25, 0.3) is 0 Å². The van der Waals surface area contributed by atoms with Crippen molar-refractivity contribution in [3.05, 3.63) is 11.5 Å². The van der Waals surface area contributed by atoms with Crippen LogP contribution in [0, 0.1) is 0 Å². The Labute approximate surface area is 81.6 Å². The summed E-state index contributed by atoms with van der Waals surface area (Å²) in [5, 5.41) is 0. The molecule has 0 spiro atoms. The average molecular weight is 183 g/mol. The highest BCUT2D eigenvalue weighted by Crippen LogP contribution is 2.25. The van der Waals surface area contributed by atoms with Crippen LogP contribution in [-0.4, -0.2) is 23.6 Å². The molecule has 1 saturated heterocycles. The Bertz CT molecular complexity index is 204. The van der Waals surface area contributed by atoms with E-state index in [0.29, 0.717) is 12.1 Å². The highest BCUT2D eigenvalue weighted by molar-refractivity contribution is 5.06. The van der Waals surface area contributed by atoms with E-state index >= 15 is 0 Å². The SMILES string of the molecule is CC(C)=C1OCC[C@H](C)N1C(C)C. The Morgan fingerprint density at radius 3 is 2.46 bits per heavy atom. The van der Waals surface area contributed by atoms with Gasteiger partial charge in [-0.3, -0.25) is 0 Å². The normalized spacial score (nSPS) is 23.4. The third-order valence-corrected chi connectivity index (χ3v) is 2.47. The van der Waals surface area contributed by atoms with Gasteiger partial charge >= 0.3 is 0 Å². The minimum Gasteiger partial charge on any atom is -0.479 e. The molecular formula is C11H21NO. The van der Waals surface area contributed by atoms with Crippen LogP contribution in [0.4, 0.5) is 0 Å². The van der Waals surface area contributed by atoms with Gasteiger partial charge in [-0.05, 0) is 40.2 Å². The number of allylic oxidation sites excluding steroid dienone is 1. The molecule has 1 fully saturated rings. The summed E-state index contributed by atoms with van der Waals surface area (Å²) >= 11 is 0. The van der Waals surface area contributed by atoms with Crippen LogP contribution >= 0.6 is 0 Å². The topological polar surface area (TPSA) is 12.5 Å². The maximum Gasteiger partial charge on any atom is 0.188 e. The second-order valence-corrected chi connectivity index (χ2v) is 4.29. The lowest BCUT2D eigenvalue weighted by atomic mass is 10.1. The van der Waals surface area contributed by atoms with Gasteiger partial charge in [-0.15, -0.1) is 0 Å². The third-order valence-electron chi connectivity index (χ3n) is 2.47. The van der Waals surface area contributed by atoms with Gasteiger partial charge in [0.15, 0.2) is 5.88 Å². The second kappa shape index (κ2) is 4.03. The molecule has 76 valence electrons. The summed E-state index contributed by atoms with van der Waals surface area (Å²) in [6, 6.07) is 1.14. The highest BCUT2D eigenvalue weighted by Gasteiger charge is 2.25. The Kier molecular flexibility index (Phi) is 3.23. The summed E-state index contributed by atoms with van der Waals surface area (Å²) in [5.41, 5.74) is 1.28. The fraction of sp³-hybridized carbons (Fsp3) is 0.818. The molecule has 0 aromatic heterocycles. The molecule has 0 radical (unpaired) electrons. The van der Waals surface area contributed by atoms with E-state index in [1.807, 2.05) is 0 Å². The molecule has 2 heteroatoms. The maximum atomic E-state index is 5.69. The van der Waals surface area contributed by atoms with E-state index in [0.717, 1.165) is 18.9 Å². The van der Waals surface area contributed by atoms with Crippen molar-refractivity contribution in [2.24, 2.45) is 0 Å². The predicted octanol–water partition coefficient (Wildman–Crippen LogP) is 2.76. The van der Waals surface area contributed by atoms with Gasteiger partial charge < -0.3 is 9.64 Å². The predicted molar refractivity (Wildman–Crippen MR) is 55.4 cm³/mol. The Morgan fingerprint density at radius 1 is 1.46 bits per heavy atom. The van der Waals surface area contributed by atoms with E-state index < -0.39 is 0 Å². The first-order chi connectivity index (χ1) is 6.04. The van der Waals surface area contributed by atoms with E-state index in [9.17, 15) is 0 Å². The fourth-order valence-corrected chi connectivity index (χ4v) is 1.89. The number of nitrogens with zero attached hydrogens (tertiary/aromatic N) is 1. The highest BCUT2D eigenvalue weighted by atomic mass is 16.5. The largest absolute Gasteiger partial charge is 0.479 e. The minimum atomic E-state index is 0.528.